The van der Waals surface area contributed by atoms with Crippen molar-refractivity contribution in [2.45, 2.75) is 70.0 Å². The fourth-order valence-corrected chi connectivity index (χ4v) is 6.49. The molecule has 180 valence electrons. The van der Waals surface area contributed by atoms with Crippen LogP contribution in [-0.2, 0) is 14.3 Å². The van der Waals surface area contributed by atoms with Crippen LogP contribution < -0.4 is 9.47 Å². The zero-order chi connectivity index (χ0) is 23.2. The highest BCUT2D eigenvalue weighted by Gasteiger charge is 2.57. The highest BCUT2D eigenvalue weighted by Crippen LogP contribution is 2.56. The molecule has 1 aromatic rings. The van der Waals surface area contributed by atoms with E-state index in [1.54, 1.807) is 7.11 Å². The second-order valence-electron chi connectivity index (χ2n) is 10.9. The summed E-state index contributed by atoms with van der Waals surface area (Å²) in [7, 11) is 1.62. The molecule has 1 saturated carbocycles. The topological polar surface area (TPSA) is 85.3 Å². The Morgan fingerprint density at radius 3 is 2.70 bits per heavy atom. The molecule has 1 aliphatic carbocycles. The Kier molecular flexibility index (Phi) is 5.79. The number of likely N-dealkylation sites (tertiary alicyclic amines) is 1. The molecule has 7 heteroatoms. The first-order valence-electron chi connectivity index (χ1n) is 12.3. The summed E-state index contributed by atoms with van der Waals surface area (Å²) in [6, 6.07) is 5.78. The molecule has 3 aliphatic heterocycles. The van der Waals surface area contributed by atoms with Crippen molar-refractivity contribution in [3.8, 4) is 11.5 Å². The van der Waals surface area contributed by atoms with Gasteiger partial charge in [0, 0.05) is 48.9 Å². The zero-order valence-corrected chi connectivity index (χ0v) is 19.7. The van der Waals surface area contributed by atoms with Crippen molar-refractivity contribution >= 4 is 11.9 Å². The summed E-state index contributed by atoms with van der Waals surface area (Å²) >= 11 is 0. The van der Waals surface area contributed by atoms with Crippen LogP contribution in [-0.4, -0.2) is 54.3 Å². The van der Waals surface area contributed by atoms with Crippen molar-refractivity contribution < 1.29 is 28.9 Å². The summed E-state index contributed by atoms with van der Waals surface area (Å²) in [6.45, 7) is 4.08. The number of nitrogens with zero attached hydrogens (tertiary/aromatic N) is 1. The number of fused-ring (bicyclic) bond motifs is 3. The summed E-state index contributed by atoms with van der Waals surface area (Å²) in [5, 5.41) is 9.35. The van der Waals surface area contributed by atoms with E-state index in [-0.39, 0.29) is 29.8 Å². The monoisotopic (exact) mass is 457 g/mol. The van der Waals surface area contributed by atoms with Crippen LogP contribution in [0.5, 0.6) is 11.5 Å². The van der Waals surface area contributed by atoms with E-state index < -0.39 is 11.6 Å². The fraction of sp³-hybridized carbons (Fsp3) is 0.692. The molecule has 2 saturated heterocycles. The third kappa shape index (κ3) is 4.20. The maximum absolute atomic E-state index is 12.8. The van der Waals surface area contributed by atoms with E-state index in [9.17, 15) is 14.7 Å². The van der Waals surface area contributed by atoms with Gasteiger partial charge in [-0.25, -0.2) is 0 Å². The predicted octanol–water partition coefficient (Wildman–Crippen LogP) is 4.20. The van der Waals surface area contributed by atoms with Crippen molar-refractivity contribution in [2.24, 2.45) is 17.3 Å². The van der Waals surface area contributed by atoms with Crippen LogP contribution in [0, 0.1) is 17.3 Å². The molecular weight excluding hydrogens is 422 g/mol. The van der Waals surface area contributed by atoms with Crippen molar-refractivity contribution in [3.05, 3.63) is 23.8 Å². The highest BCUT2D eigenvalue weighted by molar-refractivity contribution is 5.77. The van der Waals surface area contributed by atoms with Crippen molar-refractivity contribution in [1.29, 1.82) is 0 Å². The lowest BCUT2D eigenvalue weighted by Gasteiger charge is -2.59. The molecule has 1 N–H and O–H groups in total. The zero-order valence-electron chi connectivity index (χ0n) is 19.7. The SMILES string of the molecule is COc1ccc2c(c1)O[C@](C)(CCC(=O)O)[C@H]1CC3(CO[C@H]21)CN(C(=O)CC1CCCC1)C3. The average Bonchev–Trinajstić information content (AvgIpc) is 3.28. The van der Waals surface area contributed by atoms with E-state index in [2.05, 4.69) is 0 Å². The average molecular weight is 458 g/mol. The molecule has 0 unspecified atom stereocenters. The van der Waals surface area contributed by atoms with Crippen molar-refractivity contribution in [3.63, 3.8) is 0 Å². The van der Waals surface area contributed by atoms with E-state index in [1.165, 1.54) is 25.7 Å². The number of methoxy groups -OCH3 is 1. The second-order valence-corrected chi connectivity index (χ2v) is 10.9. The van der Waals surface area contributed by atoms with Crippen LogP contribution in [0.2, 0.25) is 0 Å². The molecule has 4 aliphatic rings. The van der Waals surface area contributed by atoms with E-state index in [1.807, 2.05) is 30.0 Å². The molecule has 7 nitrogen and oxygen atoms in total. The van der Waals surface area contributed by atoms with Crippen LogP contribution >= 0.6 is 0 Å². The quantitative estimate of drug-likeness (QED) is 0.689. The third-order valence-electron chi connectivity index (χ3n) is 8.42. The van der Waals surface area contributed by atoms with Gasteiger partial charge in [0.05, 0.1) is 19.8 Å². The Morgan fingerprint density at radius 2 is 2.00 bits per heavy atom. The van der Waals surface area contributed by atoms with Gasteiger partial charge < -0.3 is 24.2 Å². The van der Waals surface area contributed by atoms with E-state index in [0.29, 0.717) is 36.9 Å². The molecule has 0 bridgehead atoms. The summed E-state index contributed by atoms with van der Waals surface area (Å²) in [6.07, 6.45) is 6.71. The number of hydrogen-bond donors (Lipinski definition) is 1. The minimum atomic E-state index is -0.827. The maximum atomic E-state index is 12.8. The van der Waals surface area contributed by atoms with E-state index in [4.69, 9.17) is 14.2 Å². The lowest BCUT2D eigenvalue weighted by atomic mass is 9.63. The second kappa shape index (κ2) is 8.49. The van der Waals surface area contributed by atoms with Gasteiger partial charge in [-0.15, -0.1) is 0 Å². The Bertz CT molecular complexity index is 919. The van der Waals surface area contributed by atoms with Gasteiger partial charge in [0.1, 0.15) is 17.1 Å². The molecule has 0 aromatic heterocycles. The largest absolute Gasteiger partial charge is 0.497 e. The third-order valence-corrected chi connectivity index (χ3v) is 8.42. The summed E-state index contributed by atoms with van der Waals surface area (Å²) in [5.41, 5.74) is 0.269. The number of hydrogen-bond acceptors (Lipinski definition) is 5. The first kappa shape index (κ1) is 22.5. The number of rotatable bonds is 6. The van der Waals surface area contributed by atoms with Crippen LogP contribution in [0.3, 0.4) is 0 Å². The molecule has 3 atom stereocenters. The number of carboxylic acid groups (broad SMARTS) is 1. The Labute approximate surface area is 195 Å². The van der Waals surface area contributed by atoms with Gasteiger partial charge in [0.2, 0.25) is 5.91 Å². The Hall–Kier alpha value is -2.28. The standard InChI is InChI=1S/C26H35NO6/c1-25(10-9-23(29)30)20-13-26(14-27(15-26)22(28)11-17-5-3-4-6-17)16-32-24(20)19-8-7-18(31-2)12-21(19)33-25/h7-8,12,17,20,24H,3-6,9-11,13-16H2,1-2H3,(H,29,30)/t20-,24+,25+/m0/s1. The molecule has 5 rings (SSSR count). The molecule has 1 aromatic carbocycles. The number of amides is 1. The normalized spacial score (nSPS) is 30.2. The maximum Gasteiger partial charge on any atom is 0.303 e. The molecular formula is C26H35NO6. The number of carbonyl (C=O) groups is 2. The lowest BCUT2D eigenvalue weighted by molar-refractivity contribution is -0.206. The fourth-order valence-electron chi connectivity index (χ4n) is 6.49. The van der Waals surface area contributed by atoms with Crippen LogP contribution in [0.15, 0.2) is 18.2 Å². The van der Waals surface area contributed by atoms with Gasteiger partial charge in [0.25, 0.3) is 0 Å². The summed E-state index contributed by atoms with van der Waals surface area (Å²) in [5.74, 6) is 1.45. The molecule has 0 radical (unpaired) electrons. The van der Waals surface area contributed by atoms with Gasteiger partial charge >= 0.3 is 5.97 Å². The lowest BCUT2D eigenvalue weighted by Crippen LogP contribution is -2.65. The van der Waals surface area contributed by atoms with Crippen molar-refractivity contribution in [2.75, 3.05) is 26.8 Å². The number of ether oxygens (including phenoxy) is 3. The molecule has 1 amide bonds. The molecule has 3 fully saturated rings. The summed E-state index contributed by atoms with van der Waals surface area (Å²) in [4.78, 5) is 26.2. The summed E-state index contributed by atoms with van der Waals surface area (Å²) < 4.78 is 18.4. The van der Waals surface area contributed by atoms with Gasteiger partial charge in [-0.3, -0.25) is 9.59 Å². The van der Waals surface area contributed by atoms with Gasteiger partial charge in [-0.05, 0) is 50.7 Å². The van der Waals surface area contributed by atoms with E-state index >= 15 is 0 Å². The van der Waals surface area contributed by atoms with Gasteiger partial charge in [-0.1, -0.05) is 12.8 Å². The Balaban J connectivity index is 1.33. The Morgan fingerprint density at radius 1 is 1.24 bits per heavy atom. The van der Waals surface area contributed by atoms with E-state index in [0.717, 1.165) is 25.1 Å². The molecule has 1 spiro atoms. The first-order valence-corrected chi connectivity index (χ1v) is 12.3. The number of carboxylic acids is 1. The van der Waals surface area contributed by atoms with Crippen molar-refractivity contribution in [1.82, 2.24) is 4.90 Å². The minimum Gasteiger partial charge on any atom is -0.497 e. The number of aliphatic carboxylic acids is 1. The number of benzene rings is 1. The van der Waals surface area contributed by atoms with Gasteiger partial charge in [0.15, 0.2) is 0 Å². The van der Waals surface area contributed by atoms with Crippen LogP contribution in [0.25, 0.3) is 0 Å². The minimum absolute atomic E-state index is 0.0265. The van der Waals surface area contributed by atoms with Crippen LogP contribution in [0.1, 0.15) is 70.0 Å². The smallest absolute Gasteiger partial charge is 0.303 e. The first-order chi connectivity index (χ1) is 15.8. The number of carbonyl (C=O) groups excluding carboxylic acids is 1. The highest BCUT2D eigenvalue weighted by atomic mass is 16.5. The van der Waals surface area contributed by atoms with Crippen LogP contribution in [0.4, 0.5) is 0 Å². The molecule has 33 heavy (non-hydrogen) atoms. The van der Waals surface area contributed by atoms with Gasteiger partial charge in [-0.2, -0.15) is 0 Å². The molecule has 3 heterocycles. The predicted molar refractivity (Wildman–Crippen MR) is 121 cm³/mol.